The molecule has 0 atom stereocenters. The average Bonchev–Trinajstić information content (AvgIpc) is 2.83. The summed E-state index contributed by atoms with van der Waals surface area (Å²) in [5.41, 5.74) is 0.234. The summed E-state index contributed by atoms with van der Waals surface area (Å²) in [6.07, 6.45) is 1.43. The second kappa shape index (κ2) is 7.63. The fraction of sp³-hybridized carbons (Fsp3) is 0.700. The summed E-state index contributed by atoms with van der Waals surface area (Å²) < 4.78 is 44.3. The van der Waals surface area contributed by atoms with Crippen LogP contribution in [0.4, 0.5) is 0 Å². The fourth-order valence-electron chi connectivity index (χ4n) is 3.38. The summed E-state index contributed by atoms with van der Waals surface area (Å²) >= 11 is 0. The van der Waals surface area contributed by atoms with E-state index in [-0.39, 0.29) is 29.7 Å². The van der Waals surface area contributed by atoms with Crippen LogP contribution in [0.1, 0.15) is 54.4 Å². The number of sulfonamides is 1. The molecule has 1 aromatic rings. The lowest BCUT2D eigenvalue weighted by Gasteiger charge is -2.32. The monoisotopic (exact) mass is 409 g/mol. The van der Waals surface area contributed by atoms with Crippen molar-refractivity contribution in [1.82, 2.24) is 4.31 Å². The largest absolute Gasteiger partial charge is 0.494 e. The first-order valence-electron chi connectivity index (χ1n) is 10.0. The van der Waals surface area contributed by atoms with Gasteiger partial charge in [-0.25, -0.2) is 12.7 Å². The number of nitrogens with zero attached hydrogens (tertiary/aromatic N) is 1. The molecule has 8 heteroatoms. The van der Waals surface area contributed by atoms with Gasteiger partial charge in [0.25, 0.3) is 0 Å². The van der Waals surface area contributed by atoms with Gasteiger partial charge in [-0.05, 0) is 72.0 Å². The summed E-state index contributed by atoms with van der Waals surface area (Å²) in [4.78, 5) is 0. The lowest BCUT2D eigenvalue weighted by molar-refractivity contribution is 0.00578. The van der Waals surface area contributed by atoms with Gasteiger partial charge in [-0.1, -0.05) is 12.1 Å². The van der Waals surface area contributed by atoms with Gasteiger partial charge in [0.1, 0.15) is 11.9 Å². The Morgan fingerprint density at radius 1 is 1.04 bits per heavy atom. The SMILES string of the molecule is CC(C)S(=O)(=O)N1CCC(Oc2ccc(B3OC(C)(C)C(C)(C)O3)cc2)CC1. The number of hydrogen-bond acceptors (Lipinski definition) is 5. The van der Waals surface area contributed by atoms with Crippen molar-refractivity contribution in [2.75, 3.05) is 13.1 Å². The Balaban J connectivity index is 1.56. The molecule has 2 aliphatic heterocycles. The third-order valence-electron chi connectivity index (χ3n) is 6.06. The van der Waals surface area contributed by atoms with E-state index in [1.54, 1.807) is 18.2 Å². The van der Waals surface area contributed by atoms with Crippen LogP contribution in [0.25, 0.3) is 0 Å². The third-order valence-corrected chi connectivity index (χ3v) is 8.34. The molecule has 0 aromatic heterocycles. The zero-order chi connectivity index (χ0) is 20.7. The van der Waals surface area contributed by atoms with Gasteiger partial charge in [-0.2, -0.15) is 0 Å². The van der Waals surface area contributed by atoms with Crippen LogP contribution >= 0.6 is 0 Å². The molecule has 2 saturated heterocycles. The van der Waals surface area contributed by atoms with Gasteiger partial charge in [0, 0.05) is 13.1 Å². The molecule has 1 aromatic carbocycles. The van der Waals surface area contributed by atoms with Gasteiger partial charge < -0.3 is 14.0 Å². The number of rotatable bonds is 5. The van der Waals surface area contributed by atoms with Gasteiger partial charge in [0.2, 0.25) is 10.0 Å². The van der Waals surface area contributed by atoms with Crippen molar-refractivity contribution >= 4 is 22.6 Å². The minimum absolute atomic E-state index is 0.0290. The van der Waals surface area contributed by atoms with E-state index in [2.05, 4.69) is 0 Å². The quantitative estimate of drug-likeness (QED) is 0.700. The number of ether oxygens (including phenoxy) is 1. The second-order valence-electron chi connectivity index (χ2n) is 8.97. The van der Waals surface area contributed by atoms with Crippen molar-refractivity contribution in [2.24, 2.45) is 0 Å². The van der Waals surface area contributed by atoms with Crippen LogP contribution < -0.4 is 10.2 Å². The molecule has 0 radical (unpaired) electrons. The molecule has 3 rings (SSSR count). The van der Waals surface area contributed by atoms with E-state index in [1.807, 2.05) is 52.0 Å². The van der Waals surface area contributed by atoms with Crippen LogP contribution in [0.5, 0.6) is 5.75 Å². The smallest absolute Gasteiger partial charge is 0.490 e. The predicted molar refractivity (Wildman–Crippen MR) is 111 cm³/mol. The zero-order valence-electron chi connectivity index (χ0n) is 17.8. The Morgan fingerprint density at radius 3 is 2.00 bits per heavy atom. The van der Waals surface area contributed by atoms with Crippen LogP contribution in [0, 0.1) is 0 Å². The van der Waals surface area contributed by atoms with E-state index in [0.717, 1.165) is 11.2 Å². The van der Waals surface area contributed by atoms with Crippen LogP contribution in [0.3, 0.4) is 0 Å². The van der Waals surface area contributed by atoms with E-state index < -0.39 is 10.0 Å². The zero-order valence-corrected chi connectivity index (χ0v) is 18.6. The molecular formula is C20H32BNO5S. The van der Waals surface area contributed by atoms with Gasteiger partial charge >= 0.3 is 7.12 Å². The Labute approximate surface area is 169 Å². The number of benzene rings is 1. The van der Waals surface area contributed by atoms with E-state index in [1.165, 1.54) is 0 Å². The van der Waals surface area contributed by atoms with Crippen molar-refractivity contribution in [1.29, 1.82) is 0 Å². The lowest BCUT2D eigenvalue weighted by Crippen LogP contribution is -2.44. The Morgan fingerprint density at radius 2 is 1.54 bits per heavy atom. The fourth-order valence-corrected chi connectivity index (χ4v) is 4.69. The van der Waals surface area contributed by atoms with Crippen molar-refractivity contribution in [3.63, 3.8) is 0 Å². The van der Waals surface area contributed by atoms with Crippen LogP contribution in [0.2, 0.25) is 0 Å². The Hall–Kier alpha value is -1.09. The standard InChI is InChI=1S/C20H32BNO5S/c1-15(2)28(23,24)22-13-11-18(12-14-22)25-17-9-7-16(8-10-17)21-26-19(3,4)20(5,6)27-21/h7-10,15,18H,11-14H2,1-6H3. The molecule has 156 valence electrons. The van der Waals surface area contributed by atoms with Crippen LogP contribution in [-0.2, 0) is 19.3 Å². The molecule has 0 saturated carbocycles. The van der Waals surface area contributed by atoms with Crippen molar-refractivity contribution in [3.05, 3.63) is 24.3 Å². The van der Waals surface area contributed by atoms with Gasteiger partial charge in [-0.15, -0.1) is 0 Å². The molecule has 2 fully saturated rings. The molecule has 2 heterocycles. The summed E-state index contributed by atoms with van der Waals surface area (Å²) in [5, 5.41) is -0.382. The molecule has 0 N–H and O–H groups in total. The van der Waals surface area contributed by atoms with Gasteiger partial charge in [0.05, 0.1) is 16.5 Å². The topological polar surface area (TPSA) is 65.1 Å². The third kappa shape index (κ3) is 4.25. The molecule has 28 heavy (non-hydrogen) atoms. The molecular weight excluding hydrogens is 377 g/mol. The average molecular weight is 409 g/mol. The minimum Gasteiger partial charge on any atom is -0.490 e. The van der Waals surface area contributed by atoms with E-state index in [0.29, 0.717) is 25.9 Å². The predicted octanol–water partition coefficient (Wildman–Crippen LogP) is 2.57. The summed E-state index contributed by atoms with van der Waals surface area (Å²) in [6, 6.07) is 7.79. The summed E-state index contributed by atoms with van der Waals surface area (Å²) in [7, 11) is -3.57. The number of piperidine rings is 1. The Bertz CT molecular complexity index is 767. The highest BCUT2D eigenvalue weighted by atomic mass is 32.2. The van der Waals surface area contributed by atoms with Crippen molar-refractivity contribution < 1.29 is 22.5 Å². The van der Waals surface area contributed by atoms with Gasteiger partial charge in [-0.3, -0.25) is 0 Å². The molecule has 0 spiro atoms. The summed E-state index contributed by atoms with van der Waals surface area (Å²) in [6.45, 7) is 12.6. The minimum atomic E-state index is -3.18. The maximum absolute atomic E-state index is 12.3. The van der Waals surface area contributed by atoms with Crippen LogP contribution in [0.15, 0.2) is 24.3 Å². The number of hydrogen-bond donors (Lipinski definition) is 0. The molecule has 6 nitrogen and oxygen atoms in total. The van der Waals surface area contributed by atoms with E-state index in [9.17, 15) is 8.42 Å². The molecule has 0 aliphatic carbocycles. The lowest BCUT2D eigenvalue weighted by atomic mass is 9.79. The highest BCUT2D eigenvalue weighted by Gasteiger charge is 2.51. The highest BCUT2D eigenvalue weighted by Crippen LogP contribution is 2.36. The van der Waals surface area contributed by atoms with E-state index >= 15 is 0 Å². The molecule has 0 bridgehead atoms. The van der Waals surface area contributed by atoms with Crippen molar-refractivity contribution in [3.8, 4) is 5.75 Å². The summed E-state index contributed by atoms with van der Waals surface area (Å²) in [5.74, 6) is 0.783. The maximum atomic E-state index is 12.3. The first-order valence-corrected chi connectivity index (χ1v) is 11.5. The second-order valence-corrected chi connectivity index (χ2v) is 11.5. The van der Waals surface area contributed by atoms with Gasteiger partial charge in [0.15, 0.2) is 0 Å². The molecule has 0 amide bonds. The van der Waals surface area contributed by atoms with E-state index in [4.69, 9.17) is 14.0 Å². The first kappa shape index (κ1) is 21.6. The normalized spacial score (nSPS) is 23.3. The molecule has 2 aliphatic rings. The van der Waals surface area contributed by atoms with Crippen LogP contribution in [-0.4, -0.2) is 55.5 Å². The Kier molecular flexibility index (Phi) is 5.89. The van der Waals surface area contributed by atoms with Crippen molar-refractivity contribution in [2.45, 2.75) is 76.9 Å². The first-order chi connectivity index (χ1) is 12.9. The maximum Gasteiger partial charge on any atom is 0.494 e. The highest BCUT2D eigenvalue weighted by molar-refractivity contribution is 7.89. The molecule has 0 unspecified atom stereocenters.